The van der Waals surface area contributed by atoms with Crippen LogP contribution < -0.4 is 0 Å². The van der Waals surface area contributed by atoms with E-state index in [4.69, 9.17) is 10.2 Å². The van der Waals surface area contributed by atoms with Gasteiger partial charge in [-0.1, -0.05) is 23.7 Å². The zero-order valence-corrected chi connectivity index (χ0v) is 8.22. The monoisotopic (exact) mass is 222 g/mol. The van der Waals surface area contributed by atoms with Crippen LogP contribution in [0.2, 0.25) is 0 Å². The van der Waals surface area contributed by atoms with Gasteiger partial charge >= 0.3 is 0 Å². The van der Waals surface area contributed by atoms with E-state index >= 15 is 0 Å². The second-order valence-corrected chi connectivity index (χ2v) is 2.73. The van der Waals surface area contributed by atoms with Gasteiger partial charge in [-0.2, -0.15) is 0 Å². The second-order valence-electron chi connectivity index (χ2n) is 2.73. The van der Waals surface area contributed by atoms with Gasteiger partial charge in [-0.3, -0.25) is 0 Å². The van der Waals surface area contributed by atoms with Crippen molar-refractivity contribution in [2.24, 2.45) is 0 Å². The van der Waals surface area contributed by atoms with Gasteiger partial charge in [-0.25, -0.2) is 8.78 Å². The molecule has 2 N–H and O–H groups in total. The average molecular weight is 222 g/mol. The van der Waals surface area contributed by atoms with Crippen molar-refractivity contribution in [1.82, 2.24) is 0 Å². The molecule has 4 heteroatoms. The molecule has 1 aromatic rings. The first kappa shape index (κ1) is 12.2. The van der Waals surface area contributed by atoms with E-state index in [1.165, 1.54) is 0 Å². The SMILES string of the molecule is OCC#Cc1cc(F)c(F)cc1C#CCO. The molecule has 0 unspecified atom stereocenters. The molecule has 0 bridgehead atoms. The van der Waals surface area contributed by atoms with Crippen LogP contribution in [-0.2, 0) is 0 Å². The number of hydrogen-bond donors (Lipinski definition) is 2. The van der Waals surface area contributed by atoms with Crippen molar-refractivity contribution in [3.05, 3.63) is 34.9 Å². The molecule has 0 atom stereocenters. The molecule has 0 heterocycles. The Kier molecular flexibility index (Phi) is 4.47. The minimum absolute atomic E-state index is 0.175. The van der Waals surface area contributed by atoms with Crippen LogP contribution >= 0.6 is 0 Å². The molecule has 0 aliphatic rings. The summed E-state index contributed by atoms with van der Waals surface area (Å²) >= 11 is 0. The summed E-state index contributed by atoms with van der Waals surface area (Å²) in [6.07, 6.45) is 0. The third-order valence-electron chi connectivity index (χ3n) is 1.66. The molecule has 2 nitrogen and oxygen atoms in total. The largest absolute Gasteiger partial charge is 0.384 e. The fourth-order valence-electron chi connectivity index (χ4n) is 1.02. The summed E-state index contributed by atoms with van der Waals surface area (Å²) in [5, 5.41) is 17.0. The van der Waals surface area contributed by atoms with Crippen LogP contribution in [0.3, 0.4) is 0 Å². The Balaban J connectivity index is 3.27. The van der Waals surface area contributed by atoms with Gasteiger partial charge in [0.2, 0.25) is 0 Å². The van der Waals surface area contributed by atoms with Crippen molar-refractivity contribution in [3.63, 3.8) is 0 Å². The lowest BCUT2D eigenvalue weighted by molar-refractivity contribution is 0.350. The summed E-state index contributed by atoms with van der Waals surface area (Å²) < 4.78 is 25.8. The van der Waals surface area contributed by atoms with Crippen LogP contribution in [0.15, 0.2) is 12.1 Å². The summed E-state index contributed by atoms with van der Waals surface area (Å²) in [6, 6.07) is 1.80. The van der Waals surface area contributed by atoms with E-state index in [0.717, 1.165) is 12.1 Å². The quantitative estimate of drug-likeness (QED) is 0.633. The molecular formula is C12H8F2O2. The predicted octanol–water partition coefficient (Wildman–Crippen LogP) is 0.652. The summed E-state index contributed by atoms with van der Waals surface area (Å²) in [5.41, 5.74) is 0.350. The molecule has 0 radical (unpaired) electrons. The van der Waals surface area contributed by atoms with E-state index in [-0.39, 0.29) is 24.3 Å². The molecule has 0 saturated heterocycles. The average Bonchev–Trinajstić information content (AvgIpc) is 2.28. The van der Waals surface area contributed by atoms with Crippen LogP contribution in [0.1, 0.15) is 11.1 Å². The van der Waals surface area contributed by atoms with E-state index in [1.54, 1.807) is 0 Å². The van der Waals surface area contributed by atoms with Gasteiger partial charge in [0, 0.05) is 11.1 Å². The third-order valence-corrected chi connectivity index (χ3v) is 1.66. The van der Waals surface area contributed by atoms with E-state index in [9.17, 15) is 8.78 Å². The maximum Gasteiger partial charge on any atom is 0.160 e. The molecule has 0 aromatic heterocycles. The van der Waals surface area contributed by atoms with Gasteiger partial charge in [0.25, 0.3) is 0 Å². The maximum absolute atomic E-state index is 12.9. The number of hydrogen-bond acceptors (Lipinski definition) is 2. The molecule has 1 rings (SSSR count). The summed E-state index contributed by atoms with van der Waals surface area (Å²) in [4.78, 5) is 0. The van der Waals surface area contributed by atoms with Crippen LogP contribution in [0, 0.1) is 35.3 Å². The van der Waals surface area contributed by atoms with Crippen molar-refractivity contribution in [3.8, 4) is 23.7 Å². The zero-order valence-electron chi connectivity index (χ0n) is 8.22. The Morgan fingerprint density at radius 2 is 1.25 bits per heavy atom. The topological polar surface area (TPSA) is 40.5 Å². The molecule has 0 aliphatic heterocycles. The van der Waals surface area contributed by atoms with Gasteiger partial charge in [-0.15, -0.1) is 0 Å². The smallest absolute Gasteiger partial charge is 0.160 e. The van der Waals surface area contributed by atoms with Gasteiger partial charge in [0.1, 0.15) is 13.2 Å². The number of halogens is 2. The van der Waals surface area contributed by atoms with Crippen LogP contribution in [-0.4, -0.2) is 23.4 Å². The number of benzene rings is 1. The molecule has 0 aliphatic carbocycles. The third kappa shape index (κ3) is 3.06. The highest BCUT2D eigenvalue weighted by molar-refractivity contribution is 5.50. The lowest BCUT2D eigenvalue weighted by Crippen LogP contribution is -1.92. The lowest BCUT2D eigenvalue weighted by atomic mass is 10.1. The molecule has 0 amide bonds. The Bertz CT molecular complexity index is 454. The Morgan fingerprint density at radius 1 is 0.875 bits per heavy atom. The Labute approximate surface area is 91.5 Å². The minimum atomic E-state index is -1.03. The van der Waals surface area contributed by atoms with Gasteiger partial charge in [0.15, 0.2) is 11.6 Å². The zero-order chi connectivity index (χ0) is 12.0. The fraction of sp³-hybridized carbons (Fsp3) is 0.167. The molecule has 16 heavy (non-hydrogen) atoms. The van der Waals surface area contributed by atoms with E-state index in [2.05, 4.69) is 23.7 Å². The summed E-state index contributed by atoms with van der Waals surface area (Å²) in [6.45, 7) is -0.766. The van der Waals surface area contributed by atoms with Gasteiger partial charge in [-0.05, 0) is 12.1 Å². The molecule has 0 spiro atoms. The van der Waals surface area contributed by atoms with Crippen molar-refractivity contribution >= 4 is 0 Å². The summed E-state index contributed by atoms with van der Waals surface area (Å²) in [5.74, 6) is 7.47. The molecular weight excluding hydrogens is 214 g/mol. The molecule has 1 aromatic carbocycles. The van der Waals surface area contributed by atoms with Gasteiger partial charge in [0.05, 0.1) is 0 Å². The van der Waals surface area contributed by atoms with E-state index in [0.29, 0.717) is 0 Å². The molecule has 0 fully saturated rings. The highest BCUT2D eigenvalue weighted by atomic mass is 19.2. The first-order valence-electron chi connectivity index (χ1n) is 4.37. The molecule has 0 saturated carbocycles. The number of aliphatic hydroxyl groups is 2. The minimum Gasteiger partial charge on any atom is -0.384 e. The van der Waals surface area contributed by atoms with Crippen LogP contribution in [0.25, 0.3) is 0 Å². The number of aliphatic hydroxyl groups excluding tert-OH is 2. The van der Waals surface area contributed by atoms with E-state index < -0.39 is 11.6 Å². The fourth-order valence-corrected chi connectivity index (χ4v) is 1.02. The summed E-state index contributed by atoms with van der Waals surface area (Å²) in [7, 11) is 0. The van der Waals surface area contributed by atoms with Gasteiger partial charge < -0.3 is 10.2 Å². The second kappa shape index (κ2) is 5.87. The lowest BCUT2D eigenvalue weighted by Gasteiger charge is -1.98. The normalized spacial score (nSPS) is 8.75. The Morgan fingerprint density at radius 3 is 1.56 bits per heavy atom. The van der Waals surface area contributed by atoms with Crippen molar-refractivity contribution in [2.75, 3.05) is 13.2 Å². The Hall–Kier alpha value is -1.88. The maximum atomic E-state index is 12.9. The predicted molar refractivity (Wildman–Crippen MR) is 54.3 cm³/mol. The first-order valence-corrected chi connectivity index (χ1v) is 4.37. The standard InChI is InChI=1S/C12H8F2O2/c13-11-7-9(3-1-5-15)10(4-2-6-16)8-12(11)14/h7-8,15-16H,5-6H2. The highest BCUT2D eigenvalue weighted by Gasteiger charge is 2.06. The molecule has 82 valence electrons. The highest BCUT2D eigenvalue weighted by Crippen LogP contribution is 2.13. The van der Waals surface area contributed by atoms with Crippen molar-refractivity contribution < 1.29 is 19.0 Å². The number of rotatable bonds is 0. The van der Waals surface area contributed by atoms with Crippen LogP contribution in [0.4, 0.5) is 8.78 Å². The van der Waals surface area contributed by atoms with E-state index in [1.807, 2.05) is 0 Å². The van der Waals surface area contributed by atoms with Crippen molar-refractivity contribution in [2.45, 2.75) is 0 Å². The van der Waals surface area contributed by atoms with Crippen molar-refractivity contribution in [1.29, 1.82) is 0 Å². The van der Waals surface area contributed by atoms with Crippen LogP contribution in [0.5, 0.6) is 0 Å². The first-order chi connectivity index (χ1) is 7.69.